The number of nitrogens with one attached hydrogen (secondary N) is 1. The van der Waals surface area contributed by atoms with E-state index in [1.54, 1.807) is 0 Å². The summed E-state index contributed by atoms with van der Waals surface area (Å²) >= 11 is 0. The second-order valence-corrected chi connectivity index (χ2v) is 4.97. The van der Waals surface area contributed by atoms with Gasteiger partial charge in [-0.3, -0.25) is 4.79 Å². The van der Waals surface area contributed by atoms with E-state index in [2.05, 4.69) is 45.1 Å². The Morgan fingerprint density at radius 3 is 2.39 bits per heavy atom. The summed E-state index contributed by atoms with van der Waals surface area (Å²) in [4.78, 5) is 11.2. The maximum atomic E-state index is 11.2. The average molecular weight is 248 g/mol. The Bertz CT molecular complexity index is 427. The summed E-state index contributed by atoms with van der Waals surface area (Å²) in [5.41, 5.74) is 10.3. The van der Waals surface area contributed by atoms with Gasteiger partial charge in [-0.1, -0.05) is 19.1 Å². The van der Waals surface area contributed by atoms with E-state index in [0.717, 1.165) is 13.0 Å². The van der Waals surface area contributed by atoms with Crippen LogP contribution in [0.4, 0.5) is 0 Å². The lowest BCUT2D eigenvalue weighted by molar-refractivity contribution is -0.118. The van der Waals surface area contributed by atoms with Crippen molar-refractivity contribution in [1.29, 1.82) is 0 Å². The van der Waals surface area contributed by atoms with Crippen LogP contribution in [0.2, 0.25) is 0 Å². The Balaban J connectivity index is 3.03. The van der Waals surface area contributed by atoms with Gasteiger partial charge >= 0.3 is 0 Å². The summed E-state index contributed by atoms with van der Waals surface area (Å²) in [7, 11) is 0. The molecular weight excluding hydrogens is 224 g/mol. The van der Waals surface area contributed by atoms with Gasteiger partial charge < -0.3 is 11.1 Å². The Morgan fingerprint density at radius 1 is 1.22 bits per heavy atom. The van der Waals surface area contributed by atoms with Crippen LogP contribution in [0.15, 0.2) is 12.1 Å². The minimum Gasteiger partial charge on any atom is -0.370 e. The van der Waals surface area contributed by atoms with Crippen molar-refractivity contribution < 1.29 is 4.79 Å². The van der Waals surface area contributed by atoms with Gasteiger partial charge in [0, 0.05) is 12.5 Å². The lowest BCUT2D eigenvalue weighted by atomic mass is 9.94. The van der Waals surface area contributed by atoms with Crippen molar-refractivity contribution in [2.45, 2.75) is 46.6 Å². The molecule has 0 aromatic heterocycles. The quantitative estimate of drug-likeness (QED) is 0.812. The van der Waals surface area contributed by atoms with E-state index in [9.17, 15) is 4.79 Å². The van der Waals surface area contributed by atoms with Gasteiger partial charge in [0.15, 0.2) is 0 Å². The van der Waals surface area contributed by atoms with E-state index in [-0.39, 0.29) is 11.9 Å². The van der Waals surface area contributed by atoms with Crippen molar-refractivity contribution in [3.63, 3.8) is 0 Å². The van der Waals surface area contributed by atoms with Crippen molar-refractivity contribution in [2.75, 3.05) is 6.54 Å². The van der Waals surface area contributed by atoms with E-state index < -0.39 is 0 Å². The van der Waals surface area contributed by atoms with Gasteiger partial charge in [-0.25, -0.2) is 0 Å². The topological polar surface area (TPSA) is 55.1 Å². The van der Waals surface area contributed by atoms with E-state index in [0.29, 0.717) is 6.42 Å². The van der Waals surface area contributed by atoms with Crippen LogP contribution in [0, 0.1) is 20.8 Å². The molecule has 3 nitrogen and oxygen atoms in total. The van der Waals surface area contributed by atoms with E-state index in [1.165, 1.54) is 22.3 Å². The van der Waals surface area contributed by atoms with Gasteiger partial charge in [-0.15, -0.1) is 0 Å². The smallest absolute Gasteiger partial charge is 0.219 e. The molecular formula is C15H24N2O. The Kier molecular flexibility index (Phi) is 5.35. The van der Waals surface area contributed by atoms with Gasteiger partial charge in [0.05, 0.1) is 0 Å². The second kappa shape index (κ2) is 6.55. The fraction of sp³-hybridized carbons (Fsp3) is 0.533. The molecule has 1 aromatic rings. The molecule has 0 saturated carbocycles. The average Bonchev–Trinajstić information content (AvgIpc) is 2.29. The highest BCUT2D eigenvalue weighted by molar-refractivity contribution is 5.74. The number of amides is 1. The zero-order valence-electron chi connectivity index (χ0n) is 11.8. The first-order valence-corrected chi connectivity index (χ1v) is 6.55. The maximum Gasteiger partial charge on any atom is 0.219 e. The predicted octanol–water partition coefficient (Wildman–Crippen LogP) is 2.53. The molecule has 0 saturated heterocycles. The first-order chi connectivity index (χ1) is 8.45. The molecule has 1 unspecified atom stereocenters. The molecule has 0 aliphatic heterocycles. The summed E-state index contributed by atoms with van der Waals surface area (Å²) in [6.45, 7) is 9.30. The number of primary amides is 1. The molecule has 1 rings (SSSR count). The zero-order valence-corrected chi connectivity index (χ0v) is 11.8. The monoisotopic (exact) mass is 248 g/mol. The molecule has 0 fully saturated rings. The number of carbonyl (C=O) groups is 1. The van der Waals surface area contributed by atoms with Crippen LogP contribution in [-0.2, 0) is 4.79 Å². The van der Waals surface area contributed by atoms with Crippen LogP contribution in [-0.4, -0.2) is 12.5 Å². The van der Waals surface area contributed by atoms with Crippen molar-refractivity contribution in [1.82, 2.24) is 5.32 Å². The second-order valence-electron chi connectivity index (χ2n) is 4.97. The number of hydrogen-bond donors (Lipinski definition) is 2. The molecule has 0 bridgehead atoms. The van der Waals surface area contributed by atoms with Crippen molar-refractivity contribution >= 4 is 5.91 Å². The molecule has 3 heteroatoms. The van der Waals surface area contributed by atoms with Gasteiger partial charge in [0.1, 0.15) is 0 Å². The molecule has 0 aliphatic rings. The van der Waals surface area contributed by atoms with Crippen molar-refractivity contribution in [3.05, 3.63) is 34.4 Å². The lowest BCUT2D eigenvalue weighted by Gasteiger charge is -2.21. The Labute approximate surface area is 110 Å². The van der Waals surface area contributed by atoms with Gasteiger partial charge in [-0.05, 0) is 56.0 Å². The minimum atomic E-state index is -0.263. The van der Waals surface area contributed by atoms with Crippen molar-refractivity contribution in [2.24, 2.45) is 5.73 Å². The number of hydrogen-bond acceptors (Lipinski definition) is 2. The Hall–Kier alpha value is -1.35. The fourth-order valence-corrected chi connectivity index (χ4v) is 2.17. The fourth-order valence-electron chi connectivity index (χ4n) is 2.17. The third-order valence-corrected chi connectivity index (χ3v) is 3.30. The zero-order chi connectivity index (χ0) is 13.7. The normalized spacial score (nSPS) is 12.4. The SMILES string of the molecule is CCCNC(CC(N)=O)c1cc(C)c(C)cc1C. The minimum absolute atomic E-state index is 0.0294. The molecule has 0 heterocycles. The molecule has 1 amide bonds. The first kappa shape index (κ1) is 14.7. The molecule has 0 spiro atoms. The third-order valence-electron chi connectivity index (χ3n) is 3.30. The van der Waals surface area contributed by atoms with Gasteiger partial charge in [0.2, 0.25) is 5.91 Å². The highest BCUT2D eigenvalue weighted by atomic mass is 16.1. The molecule has 0 radical (unpaired) electrons. The van der Waals surface area contributed by atoms with Crippen LogP contribution in [0.1, 0.15) is 48.1 Å². The largest absolute Gasteiger partial charge is 0.370 e. The van der Waals surface area contributed by atoms with E-state index in [4.69, 9.17) is 5.73 Å². The summed E-state index contributed by atoms with van der Waals surface area (Å²) in [6.07, 6.45) is 1.39. The number of benzene rings is 1. The number of nitrogens with two attached hydrogens (primary N) is 1. The lowest BCUT2D eigenvalue weighted by Crippen LogP contribution is -2.28. The maximum absolute atomic E-state index is 11.2. The highest BCUT2D eigenvalue weighted by Gasteiger charge is 2.16. The highest BCUT2D eigenvalue weighted by Crippen LogP contribution is 2.24. The predicted molar refractivity (Wildman–Crippen MR) is 75.5 cm³/mol. The van der Waals surface area contributed by atoms with Crippen LogP contribution >= 0.6 is 0 Å². The van der Waals surface area contributed by atoms with Crippen molar-refractivity contribution in [3.8, 4) is 0 Å². The molecule has 100 valence electrons. The molecule has 0 aliphatic carbocycles. The van der Waals surface area contributed by atoms with Crippen LogP contribution in [0.5, 0.6) is 0 Å². The third kappa shape index (κ3) is 3.84. The van der Waals surface area contributed by atoms with E-state index >= 15 is 0 Å². The molecule has 1 atom stereocenters. The summed E-state index contributed by atoms with van der Waals surface area (Å²) < 4.78 is 0. The number of aryl methyl sites for hydroxylation is 3. The van der Waals surface area contributed by atoms with Crippen LogP contribution in [0.3, 0.4) is 0 Å². The summed E-state index contributed by atoms with van der Waals surface area (Å²) in [6, 6.07) is 4.37. The van der Waals surface area contributed by atoms with Gasteiger partial charge in [0.25, 0.3) is 0 Å². The van der Waals surface area contributed by atoms with E-state index in [1.807, 2.05) is 0 Å². The Morgan fingerprint density at radius 2 is 1.83 bits per heavy atom. The van der Waals surface area contributed by atoms with Crippen LogP contribution < -0.4 is 11.1 Å². The molecule has 3 N–H and O–H groups in total. The molecule has 1 aromatic carbocycles. The standard InChI is InChI=1S/C15H24N2O/c1-5-6-17-14(9-15(16)18)13-8-11(3)10(2)7-12(13)4/h7-8,14,17H,5-6,9H2,1-4H3,(H2,16,18). The first-order valence-electron chi connectivity index (χ1n) is 6.55. The molecule has 18 heavy (non-hydrogen) atoms. The summed E-state index contributed by atoms with van der Waals surface area (Å²) in [5, 5.41) is 3.40. The number of carbonyl (C=O) groups excluding carboxylic acids is 1. The van der Waals surface area contributed by atoms with Gasteiger partial charge in [-0.2, -0.15) is 0 Å². The number of rotatable bonds is 6. The summed E-state index contributed by atoms with van der Waals surface area (Å²) in [5.74, 6) is -0.263. The van der Waals surface area contributed by atoms with Crippen LogP contribution in [0.25, 0.3) is 0 Å².